The first-order valence-corrected chi connectivity index (χ1v) is 8.74. The van der Waals surface area contributed by atoms with Gasteiger partial charge in [-0.3, -0.25) is 24.1 Å². The van der Waals surface area contributed by atoms with E-state index >= 15 is 0 Å². The van der Waals surface area contributed by atoms with Crippen LogP contribution >= 0.6 is 0 Å². The summed E-state index contributed by atoms with van der Waals surface area (Å²) in [6.07, 6.45) is 0.0599. The van der Waals surface area contributed by atoms with Gasteiger partial charge in [-0.1, -0.05) is 18.2 Å². The van der Waals surface area contributed by atoms with E-state index in [0.29, 0.717) is 5.69 Å². The molecule has 28 heavy (non-hydrogen) atoms. The molecular formula is C20H16FN3O4. The number of anilines is 1. The topological polar surface area (TPSA) is 86.8 Å². The van der Waals surface area contributed by atoms with E-state index in [1.165, 1.54) is 23.1 Å². The molecular weight excluding hydrogens is 365 g/mol. The van der Waals surface area contributed by atoms with Crippen molar-refractivity contribution in [1.82, 2.24) is 10.2 Å². The van der Waals surface area contributed by atoms with Crippen LogP contribution in [0.5, 0.6) is 0 Å². The summed E-state index contributed by atoms with van der Waals surface area (Å²) in [5.41, 5.74) is 0.962. The van der Waals surface area contributed by atoms with Crippen LogP contribution in [-0.2, 0) is 9.59 Å². The minimum atomic E-state index is -0.534. The summed E-state index contributed by atoms with van der Waals surface area (Å²) in [5, 5.41) is 2.68. The zero-order valence-electron chi connectivity index (χ0n) is 14.7. The maximum atomic E-state index is 13.4. The Bertz CT molecular complexity index is 971. The van der Waals surface area contributed by atoms with Gasteiger partial charge < -0.3 is 10.2 Å². The largest absolute Gasteiger partial charge is 0.349 e. The second-order valence-corrected chi connectivity index (χ2v) is 6.69. The molecule has 1 fully saturated rings. The summed E-state index contributed by atoms with van der Waals surface area (Å²) in [6, 6.07) is 11.6. The standard InChI is InChI=1S/C20H16FN3O4/c21-12-4-3-5-14(8-12)23-10-13(9-18(23)26)22-17(25)11-24-19(27)15-6-1-2-7-16(15)20(24)28/h1-8,13H,9-11H2,(H,22,25)/t13-/m1/s1. The van der Waals surface area contributed by atoms with Crippen LogP contribution in [0.2, 0.25) is 0 Å². The normalized spacial score (nSPS) is 18.6. The number of hydrogen-bond acceptors (Lipinski definition) is 4. The number of rotatable bonds is 4. The van der Waals surface area contributed by atoms with Crippen LogP contribution in [0.1, 0.15) is 27.1 Å². The van der Waals surface area contributed by atoms with Gasteiger partial charge in [0, 0.05) is 18.7 Å². The number of fused-ring (bicyclic) bond motifs is 1. The highest BCUT2D eigenvalue weighted by Crippen LogP contribution is 2.23. The van der Waals surface area contributed by atoms with E-state index in [1.54, 1.807) is 30.3 Å². The van der Waals surface area contributed by atoms with E-state index in [9.17, 15) is 23.6 Å². The van der Waals surface area contributed by atoms with Gasteiger partial charge in [0.2, 0.25) is 11.8 Å². The van der Waals surface area contributed by atoms with Crippen LogP contribution in [0.15, 0.2) is 48.5 Å². The number of nitrogens with zero attached hydrogens (tertiary/aromatic N) is 2. The van der Waals surface area contributed by atoms with Crippen molar-refractivity contribution in [1.29, 1.82) is 0 Å². The number of hydrogen-bond donors (Lipinski definition) is 1. The smallest absolute Gasteiger partial charge is 0.262 e. The highest BCUT2D eigenvalue weighted by molar-refractivity contribution is 6.22. The molecule has 1 N–H and O–H groups in total. The van der Waals surface area contributed by atoms with Gasteiger partial charge in [-0.2, -0.15) is 0 Å². The van der Waals surface area contributed by atoms with E-state index in [2.05, 4.69) is 5.32 Å². The Hall–Kier alpha value is -3.55. The van der Waals surface area contributed by atoms with Crippen molar-refractivity contribution in [3.05, 3.63) is 65.5 Å². The third-order valence-corrected chi connectivity index (χ3v) is 4.79. The van der Waals surface area contributed by atoms with E-state index in [-0.39, 0.29) is 30.0 Å². The summed E-state index contributed by atoms with van der Waals surface area (Å²) in [7, 11) is 0. The summed E-state index contributed by atoms with van der Waals surface area (Å²) in [5.74, 6) is -2.26. The Kier molecular flexibility index (Phi) is 4.38. The highest BCUT2D eigenvalue weighted by Gasteiger charge is 2.37. The van der Waals surface area contributed by atoms with E-state index in [0.717, 1.165) is 4.90 Å². The van der Waals surface area contributed by atoms with Crippen LogP contribution < -0.4 is 10.2 Å². The Labute approximate surface area is 159 Å². The minimum Gasteiger partial charge on any atom is -0.349 e. The summed E-state index contributed by atoms with van der Waals surface area (Å²) in [6.45, 7) is -0.229. The van der Waals surface area contributed by atoms with Gasteiger partial charge in [-0.15, -0.1) is 0 Å². The second kappa shape index (κ2) is 6.88. The monoisotopic (exact) mass is 381 g/mol. The molecule has 0 aromatic heterocycles. The SMILES string of the molecule is O=C(CN1C(=O)c2ccccc2C1=O)N[C@@H]1CC(=O)N(c2cccc(F)c2)C1. The molecule has 2 aliphatic rings. The molecule has 4 amide bonds. The van der Waals surface area contributed by atoms with Crippen molar-refractivity contribution in [2.45, 2.75) is 12.5 Å². The molecule has 7 nitrogen and oxygen atoms in total. The van der Waals surface area contributed by atoms with Crippen molar-refractivity contribution in [3.63, 3.8) is 0 Å². The third-order valence-electron chi connectivity index (χ3n) is 4.79. The number of imide groups is 1. The van der Waals surface area contributed by atoms with Gasteiger partial charge in [0.25, 0.3) is 11.8 Å². The lowest BCUT2D eigenvalue weighted by atomic mass is 10.1. The van der Waals surface area contributed by atoms with Crippen molar-refractivity contribution < 1.29 is 23.6 Å². The fourth-order valence-corrected chi connectivity index (χ4v) is 3.50. The van der Waals surface area contributed by atoms with Gasteiger partial charge in [-0.25, -0.2) is 4.39 Å². The predicted octanol–water partition coefficient (Wildman–Crippen LogP) is 1.34. The molecule has 142 valence electrons. The van der Waals surface area contributed by atoms with Crippen molar-refractivity contribution in [3.8, 4) is 0 Å². The Balaban J connectivity index is 1.39. The van der Waals surface area contributed by atoms with E-state index in [4.69, 9.17) is 0 Å². The van der Waals surface area contributed by atoms with Crippen molar-refractivity contribution >= 4 is 29.3 Å². The summed E-state index contributed by atoms with van der Waals surface area (Å²) < 4.78 is 13.4. The molecule has 0 saturated carbocycles. The Morgan fingerprint density at radius 2 is 1.71 bits per heavy atom. The second-order valence-electron chi connectivity index (χ2n) is 6.69. The number of carbonyl (C=O) groups excluding carboxylic acids is 4. The van der Waals surface area contributed by atoms with Crippen molar-refractivity contribution in [2.75, 3.05) is 18.0 Å². The number of halogens is 1. The van der Waals surface area contributed by atoms with Crippen LogP contribution in [0.25, 0.3) is 0 Å². The molecule has 0 radical (unpaired) electrons. The number of benzene rings is 2. The minimum absolute atomic E-state index is 0.0599. The number of amides is 4. The van der Waals surface area contributed by atoms with Gasteiger partial charge in [0.05, 0.1) is 17.2 Å². The molecule has 1 saturated heterocycles. The first kappa shape index (κ1) is 17.8. The van der Waals surface area contributed by atoms with Crippen LogP contribution in [-0.4, -0.2) is 47.7 Å². The zero-order chi connectivity index (χ0) is 19.8. The molecule has 0 aliphatic carbocycles. The zero-order valence-corrected chi connectivity index (χ0v) is 14.7. The summed E-state index contributed by atoms with van der Waals surface area (Å²) >= 11 is 0. The van der Waals surface area contributed by atoms with Crippen LogP contribution in [0, 0.1) is 5.82 Å². The molecule has 2 aliphatic heterocycles. The molecule has 0 unspecified atom stereocenters. The molecule has 2 aromatic carbocycles. The molecule has 0 spiro atoms. The average Bonchev–Trinajstić information content (AvgIpc) is 3.15. The molecule has 1 atom stereocenters. The molecule has 2 heterocycles. The molecule has 0 bridgehead atoms. The van der Waals surface area contributed by atoms with Crippen molar-refractivity contribution in [2.24, 2.45) is 0 Å². The van der Waals surface area contributed by atoms with Gasteiger partial charge >= 0.3 is 0 Å². The predicted molar refractivity (Wildman–Crippen MR) is 97.1 cm³/mol. The Morgan fingerprint density at radius 3 is 2.36 bits per heavy atom. The number of carbonyl (C=O) groups is 4. The molecule has 4 rings (SSSR count). The third kappa shape index (κ3) is 3.13. The highest BCUT2D eigenvalue weighted by atomic mass is 19.1. The maximum absolute atomic E-state index is 13.4. The quantitative estimate of drug-likeness (QED) is 0.810. The first-order valence-electron chi connectivity index (χ1n) is 8.74. The lowest BCUT2D eigenvalue weighted by molar-refractivity contribution is -0.122. The lowest BCUT2D eigenvalue weighted by Gasteiger charge is -2.18. The van der Waals surface area contributed by atoms with E-state index in [1.807, 2.05) is 0 Å². The first-order chi connectivity index (χ1) is 13.4. The van der Waals surface area contributed by atoms with Gasteiger partial charge in [0.1, 0.15) is 12.4 Å². The van der Waals surface area contributed by atoms with Crippen LogP contribution in [0.3, 0.4) is 0 Å². The van der Waals surface area contributed by atoms with Gasteiger partial charge in [0.15, 0.2) is 0 Å². The fourth-order valence-electron chi connectivity index (χ4n) is 3.50. The maximum Gasteiger partial charge on any atom is 0.262 e. The molecule has 8 heteroatoms. The number of nitrogens with one attached hydrogen (secondary N) is 1. The average molecular weight is 381 g/mol. The lowest BCUT2D eigenvalue weighted by Crippen LogP contribution is -2.44. The van der Waals surface area contributed by atoms with Crippen LogP contribution in [0.4, 0.5) is 10.1 Å². The van der Waals surface area contributed by atoms with Gasteiger partial charge in [-0.05, 0) is 30.3 Å². The summed E-state index contributed by atoms with van der Waals surface area (Å²) in [4.78, 5) is 51.5. The Morgan fingerprint density at radius 1 is 1.04 bits per heavy atom. The molecule has 2 aromatic rings. The van der Waals surface area contributed by atoms with E-state index < -0.39 is 36.1 Å². The fraction of sp³-hybridized carbons (Fsp3) is 0.200.